The molecule has 7 nitrogen and oxygen atoms in total. The second-order valence-electron chi connectivity index (χ2n) is 5.96. The topological polar surface area (TPSA) is 75.9 Å². The highest BCUT2D eigenvalue weighted by Crippen LogP contribution is 2.33. The number of nitro groups is 1. The zero-order chi connectivity index (χ0) is 18.7. The first kappa shape index (κ1) is 18.0. The number of carbonyl (C=O) groups is 1. The van der Waals surface area contributed by atoms with E-state index in [0.29, 0.717) is 24.6 Å². The van der Waals surface area contributed by atoms with Gasteiger partial charge in [0.05, 0.1) is 9.95 Å². The maximum Gasteiger partial charge on any atom is 0.271 e. The molecule has 8 heteroatoms. The summed E-state index contributed by atoms with van der Waals surface area (Å²) in [6.07, 6.45) is 0. The molecule has 0 N–H and O–H groups in total. The van der Waals surface area contributed by atoms with E-state index in [9.17, 15) is 14.9 Å². The van der Waals surface area contributed by atoms with Crippen molar-refractivity contribution in [2.45, 2.75) is 6.92 Å². The van der Waals surface area contributed by atoms with Gasteiger partial charge in [0.1, 0.15) is 11.5 Å². The summed E-state index contributed by atoms with van der Waals surface area (Å²) >= 11 is 6.05. The Balaban J connectivity index is 1.65. The molecule has 0 bridgehead atoms. The van der Waals surface area contributed by atoms with Gasteiger partial charge in [-0.25, -0.2) is 0 Å². The van der Waals surface area contributed by atoms with E-state index in [4.69, 9.17) is 16.3 Å². The van der Waals surface area contributed by atoms with Crippen LogP contribution in [0, 0.1) is 10.1 Å². The van der Waals surface area contributed by atoms with Crippen molar-refractivity contribution in [2.75, 3.05) is 31.1 Å². The normalized spacial score (nSPS) is 14.2. The van der Waals surface area contributed by atoms with Crippen LogP contribution in [0.5, 0.6) is 11.5 Å². The van der Waals surface area contributed by atoms with Gasteiger partial charge in [-0.3, -0.25) is 14.9 Å². The van der Waals surface area contributed by atoms with Gasteiger partial charge in [-0.15, -0.1) is 0 Å². The molecule has 3 rings (SSSR count). The number of anilines is 1. The van der Waals surface area contributed by atoms with Crippen LogP contribution in [-0.2, 0) is 4.79 Å². The van der Waals surface area contributed by atoms with Crippen molar-refractivity contribution in [1.29, 1.82) is 0 Å². The van der Waals surface area contributed by atoms with Gasteiger partial charge in [-0.2, -0.15) is 0 Å². The molecule has 0 spiro atoms. The molecule has 0 aromatic heterocycles. The average Bonchev–Trinajstić information content (AvgIpc) is 2.64. The monoisotopic (exact) mass is 375 g/mol. The number of piperazine rings is 1. The highest BCUT2D eigenvalue weighted by molar-refractivity contribution is 6.32. The fraction of sp³-hybridized carbons (Fsp3) is 0.278. The van der Waals surface area contributed by atoms with Crippen LogP contribution in [0.15, 0.2) is 42.5 Å². The van der Waals surface area contributed by atoms with Crippen LogP contribution in [0.1, 0.15) is 6.92 Å². The third kappa shape index (κ3) is 4.05. The Hall–Kier alpha value is -2.80. The molecule has 0 radical (unpaired) electrons. The number of nitro benzene ring substituents is 1. The largest absolute Gasteiger partial charge is 0.456 e. The summed E-state index contributed by atoms with van der Waals surface area (Å²) < 4.78 is 5.71. The van der Waals surface area contributed by atoms with Crippen LogP contribution in [0.4, 0.5) is 11.4 Å². The zero-order valence-corrected chi connectivity index (χ0v) is 15.0. The lowest BCUT2D eigenvalue weighted by molar-refractivity contribution is -0.384. The van der Waals surface area contributed by atoms with Crippen molar-refractivity contribution in [1.82, 2.24) is 4.90 Å². The number of amides is 1. The lowest BCUT2D eigenvalue weighted by atomic mass is 10.2. The summed E-state index contributed by atoms with van der Waals surface area (Å²) in [7, 11) is 0. The highest BCUT2D eigenvalue weighted by atomic mass is 35.5. The highest BCUT2D eigenvalue weighted by Gasteiger charge is 2.18. The van der Waals surface area contributed by atoms with Gasteiger partial charge >= 0.3 is 0 Å². The van der Waals surface area contributed by atoms with Gasteiger partial charge in [-0.1, -0.05) is 11.6 Å². The molecule has 1 saturated heterocycles. The Kier molecular flexibility index (Phi) is 5.27. The van der Waals surface area contributed by atoms with Crippen LogP contribution in [0.3, 0.4) is 0 Å². The van der Waals surface area contributed by atoms with E-state index < -0.39 is 4.92 Å². The molecule has 2 aromatic carbocycles. The fourth-order valence-electron chi connectivity index (χ4n) is 2.82. The summed E-state index contributed by atoms with van der Waals surface area (Å²) in [5, 5.41) is 10.9. The Bertz CT molecular complexity index is 818. The number of hydrogen-bond donors (Lipinski definition) is 0. The van der Waals surface area contributed by atoms with Crippen LogP contribution in [0.2, 0.25) is 5.02 Å². The molecule has 26 heavy (non-hydrogen) atoms. The average molecular weight is 376 g/mol. The molecule has 1 aliphatic heterocycles. The smallest absolute Gasteiger partial charge is 0.271 e. The Morgan fingerprint density at radius 2 is 1.77 bits per heavy atom. The molecule has 0 unspecified atom stereocenters. The minimum Gasteiger partial charge on any atom is -0.456 e. The second-order valence-corrected chi connectivity index (χ2v) is 6.37. The summed E-state index contributed by atoms with van der Waals surface area (Å²) in [4.78, 5) is 25.7. The number of non-ortho nitro benzene ring substituents is 1. The number of carbonyl (C=O) groups excluding carboxylic acids is 1. The minimum atomic E-state index is -0.504. The third-order valence-corrected chi connectivity index (χ3v) is 4.58. The molecule has 1 aliphatic rings. The maximum absolute atomic E-state index is 11.4. The Morgan fingerprint density at radius 1 is 1.12 bits per heavy atom. The quantitative estimate of drug-likeness (QED) is 0.601. The van der Waals surface area contributed by atoms with Crippen molar-refractivity contribution in [3.05, 3.63) is 57.6 Å². The van der Waals surface area contributed by atoms with Crippen LogP contribution in [0.25, 0.3) is 0 Å². The maximum atomic E-state index is 11.4. The van der Waals surface area contributed by atoms with Gasteiger partial charge < -0.3 is 14.5 Å². The molecule has 1 fully saturated rings. The lowest BCUT2D eigenvalue weighted by Gasteiger charge is -2.35. The second kappa shape index (κ2) is 7.61. The molecule has 136 valence electrons. The van der Waals surface area contributed by atoms with Gasteiger partial charge in [0.15, 0.2) is 0 Å². The van der Waals surface area contributed by atoms with Gasteiger partial charge in [-0.05, 0) is 30.3 Å². The zero-order valence-electron chi connectivity index (χ0n) is 14.2. The number of hydrogen-bond acceptors (Lipinski definition) is 5. The van der Waals surface area contributed by atoms with Gasteiger partial charge in [0.25, 0.3) is 5.69 Å². The van der Waals surface area contributed by atoms with E-state index in [1.165, 1.54) is 18.2 Å². The summed E-state index contributed by atoms with van der Waals surface area (Å²) in [6, 6.07) is 11.6. The molecule has 0 saturated carbocycles. The number of halogens is 1. The first-order chi connectivity index (χ1) is 12.4. The minimum absolute atomic E-state index is 0.0811. The van der Waals surface area contributed by atoms with E-state index in [1.54, 1.807) is 6.92 Å². The standard InChI is InChI=1S/C18H18ClN3O4/c1-13(23)20-8-10-21(11-9-20)14-2-5-16(6-3-14)26-18-7-4-15(22(24)25)12-17(18)19/h2-7,12H,8-11H2,1H3. The van der Waals surface area contributed by atoms with Gasteiger partial charge in [0, 0.05) is 50.9 Å². The van der Waals surface area contributed by atoms with E-state index in [0.717, 1.165) is 18.8 Å². The van der Waals surface area contributed by atoms with Crippen molar-refractivity contribution in [2.24, 2.45) is 0 Å². The molecule has 2 aromatic rings. The lowest BCUT2D eigenvalue weighted by Crippen LogP contribution is -2.48. The predicted octanol–water partition coefficient (Wildman–Crippen LogP) is 3.71. The van der Waals surface area contributed by atoms with Crippen molar-refractivity contribution < 1.29 is 14.5 Å². The van der Waals surface area contributed by atoms with Crippen molar-refractivity contribution >= 4 is 28.9 Å². The molecule has 0 atom stereocenters. The Labute approximate surface area is 155 Å². The molecule has 1 heterocycles. The predicted molar refractivity (Wildman–Crippen MR) is 99.1 cm³/mol. The van der Waals surface area contributed by atoms with Crippen LogP contribution in [-0.4, -0.2) is 41.9 Å². The van der Waals surface area contributed by atoms with E-state index in [-0.39, 0.29) is 16.6 Å². The summed E-state index contributed by atoms with van der Waals surface area (Å²) in [5.74, 6) is 1.06. The molecular weight excluding hydrogens is 358 g/mol. The van der Waals surface area contributed by atoms with Crippen molar-refractivity contribution in [3.63, 3.8) is 0 Å². The molecule has 1 amide bonds. The third-order valence-electron chi connectivity index (χ3n) is 4.28. The molecular formula is C18H18ClN3O4. The first-order valence-electron chi connectivity index (χ1n) is 8.16. The van der Waals surface area contributed by atoms with Crippen LogP contribution < -0.4 is 9.64 Å². The summed E-state index contributed by atoms with van der Waals surface area (Å²) in [5.41, 5.74) is 0.970. The van der Waals surface area contributed by atoms with Crippen LogP contribution >= 0.6 is 11.6 Å². The number of nitrogens with zero attached hydrogens (tertiary/aromatic N) is 3. The number of rotatable bonds is 4. The Morgan fingerprint density at radius 3 is 2.31 bits per heavy atom. The van der Waals surface area contributed by atoms with E-state index in [1.807, 2.05) is 29.2 Å². The summed E-state index contributed by atoms with van der Waals surface area (Å²) in [6.45, 7) is 4.59. The number of ether oxygens (including phenoxy) is 1. The SMILES string of the molecule is CC(=O)N1CCN(c2ccc(Oc3ccc([N+](=O)[O-])cc3Cl)cc2)CC1. The van der Waals surface area contributed by atoms with E-state index >= 15 is 0 Å². The fourth-order valence-corrected chi connectivity index (χ4v) is 3.03. The first-order valence-corrected chi connectivity index (χ1v) is 8.54. The van der Waals surface area contributed by atoms with Crippen molar-refractivity contribution in [3.8, 4) is 11.5 Å². The van der Waals surface area contributed by atoms with E-state index in [2.05, 4.69) is 4.90 Å². The number of benzene rings is 2. The van der Waals surface area contributed by atoms with Gasteiger partial charge in [0.2, 0.25) is 5.91 Å². The molecule has 0 aliphatic carbocycles.